The molecular formula is C16H19Cl2NO4. The lowest BCUT2D eigenvalue weighted by Gasteiger charge is -2.15. The van der Waals surface area contributed by atoms with Crippen LogP contribution in [0.4, 0.5) is 0 Å². The predicted molar refractivity (Wildman–Crippen MR) is 90.0 cm³/mol. The van der Waals surface area contributed by atoms with Gasteiger partial charge in [-0.1, -0.05) is 29.3 Å². The van der Waals surface area contributed by atoms with Gasteiger partial charge in [0.15, 0.2) is 0 Å². The van der Waals surface area contributed by atoms with E-state index in [-0.39, 0.29) is 18.7 Å². The molecule has 0 bridgehead atoms. The molecule has 0 aliphatic heterocycles. The van der Waals surface area contributed by atoms with Gasteiger partial charge in [-0.2, -0.15) is 0 Å². The van der Waals surface area contributed by atoms with Gasteiger partial charge in [0.05, 0.1) is 6.61 Å². The Balaban J connectivity index is 2.53. The lowest BCUT2D eigenvalue weighted by molar-refractivity contribution is -0.141. The number of nitrogens with one attached hydrogen (secondary N) is 1. The molecular weight excluding hydrogens is 341 g/mol. The summed E-state index contributed by atoms with van der Waals surface area (Å²) in [4.78, 5) is 23.1. The molecule has 0 radical (unpaired) electrons. The summed E-state index contributed by atoms with van der Waals surface area (Å²) in [6.07, 6.45) is 2.43. The maximum absolute atomic E-state index is 11.8. The maximum atomic E-state index is 11.8. The van der Waals surface area contributed by atoms with E-state index in [1.54, 1.807) is 24.3 Å². The minimum Gasteiger partial charge on any atom is -0.480 e. The number of ether oxygens (including phenoxy) is 1. The van der Waals surface area contributed by atoms with E-state index >= 15 is 0 Å². The van der Waals surface area contributed by atoms with Crippen LogP contribution in [0.1, 0.15) is 18.4 Å². The number of hydrogen-bond acceptors (Lipinski definition) is 3. The van der Waals surface area contributed by atoms with Crippen LogP contribution in [0.2, 0.25) is 10.0 Å². The van der Waals surface area contributed by atoms with Crippen molar-refractivity contribution in [1.29, 1.82) is 0 Å². The minimum atomic E-state index is -1.11. The molecule has 0 heterocycles. The van der Waals surface area contributed by atoms with Crippen LogP contribution in [0.3, 0.4) is 0 Å². The van der Waals surface area contributed by atoms with Crippen molar-refractivity contribution in [2.24, 2.45) is 0 Å². The Morgan fingerprint density at radius 3 is 2.52 bits per heavy atom. The summed E-state index contributed by atoms with van der Waals surface area (Å²) in [6, 6.07) is 3.77. The number of aliphatic carboxylic acids is 1. The fraction of sp³-hybridized carbons (Fsp3) is 0.375. The lowest BCUT2D eigenvalue weighted by Crippen LogP contribution is -2.42. The Morgan fingerprint density at radius 2 is 1.96 bits per heavy atom. The van der Waals surface area contributed by atoms with Crippen molar-refractivity contribution in [1.82, 2.24) is 5.32 Å². The SMILES string of the molecule is C=CCOCCCC(=O)NC(Cc1cc(Cl)cc(Cl)c1)C(=O)O. The zero-order chi connectivity index (χ0) is 17.2. The summed E-state index contributed by atoms with van der Waals surface area (Å²) in [5, 5.41) is 12.6. The monoisotopic (exact) mass is 359 g/mol. The molecule has 1 aromatic rings. The molecule has 0 aliphatic carbocycles. The molecule has 2 N–H and O–H groups in total. The number of amides is 1. The number of rotatable bonds is 10. The van der Waals surface area contributed by atoms with E-state index in [1.807, 2.05) is 0 Å². The molecule has 1 amide bonds. The van der Waals surface area contributed by atoms with Crippen LogP contribution < -0.4 is 5.32 Å². The second kappa shape index (κ2) is 10.3. The number of carbonyl (C=O) groups excluding carboxylic acids is 1. The van der Waals surface area contributed by atoms with Crippen molar-refractivity contribution in [3.05, 3.63) is 46.5 Å². The number of carboxylic acids is 1. The first-order chi connectivity index (χ1) is 10.9. The summed E-state index contributed by atoms with van der Waals surface area (Å²) in [5.41, 5.74) is 0.643. The lowest BCUT2D eigenvalue weighted by atomic mass is 10.1. The molecule has 0 saturated carbocycles. The highest BCUT2D eigenvalue weighted by molar-refractivity contribution is 6.34. The predicted octanol–water partition coefficient (Wildman–Crippen LogP) is 3.09. The first-order valence-electron chi connectivity index (χ1n) is 7.08. The molecule has 1 aromatic carbocycles. The van der Waals surface area contributed by atoms with Gasteiger partial charge >= 0.3 is 5.97 Å². The number of hydrogen-bond donors (Lipinski definition) is 2. The molecule has 126 valence electrons. The van der Waals surface area contributed by atoms with Crippen molar-refractivity contribution in [2.45, 2.75) is 25.3 Å². The van der Waals surface area contributed by atoms with E-state index < -0.39 is 12.0 Å². The maximum Gasteiger partial charge on any atom is 0.326 e. The number of carbonyl (C=O) groups is 2. The Hall–Kier alpha value is -1.56. The first kappa shape index (κ1) is 19.5. The van der Waals surface area contributed by atoms with Gasteiger partial charge in [-0.3, -0.25) is 4.79 Å². The van der Waals surface area contributed by atoms with E-state index in [0.29, 0.717) is 35.2 Å². The molecule has 0 aliphatic rings. The van der Waals surface area contributed by atoms with Crippen LogP contribution in [-0.2, 0) is 20.7 Å². The Labute approximate surface area is 145 Å². The highest BCUT2D eigenvalue weighted by Gasteiger charge is 2.20. The second-order valence-electron chi connectivity index (χ2n) is 4.91. The molecule has 0 spiro atoms. The number of carboxylic acid groups (broad SMARTS) is 1. The number of benzene rings is 1. The van der Waals surface area contributed by atoms with Gasteiger partial charge in [-0.15, -0.1) is 6.58 Å². The summed E-state index contributed by atoms with van der Waals surface area (Å²) < 4.78 is 5.16. The Morgan fingerprint density at radius 1 is 1.30 bits per heavy atom. The average Bonchev–Trinajstić information content (AvgIpc) is 2.45. The zero-order valence-electron chi connectivity index (χ0n) is 12.6. The van der Waals surface area contributed by atoms with Gasteiger partial charge in [0.1, 0.15) is 6.04 Å². The van der Waals surface area contributed by atoms with E-state index in [4.69, 9.17) is 27.9 Å². The van der Waals surface area contributed by atoms with Crippen LogP contribution in [0.5, 0.6) is 0 Å². The van der Waals surface area contributed by atoms with Crippen LogP contribution in [0, 0.1) is 0 Å². The van der Waals surface area contributed by atoms with Crippen molar-refractivity contribution < 1.29 is 19.4 Å². The van der Waals surface area contributed by atoms with Gasteiger partial charge in [-0.25, -0.2) is 4.79 Å². The standard InChI is InChI=1S/C16H19Cl2NO4/c1-2-5-23-6-3-4-15(20)19-14(16(21)22)9-11-7-12(17)10-13(18)8-11/h2,7-8,10,14H,1,3-6,9H2,(H,19,20)(H,21,22). The molecule has 5 nitrogen and oxygen atoms in total. The third-order valence-electron chi connectivity index (χ3n) is 2.92. The quantitative estimate of drug-likeness (QED) is 0.497. The topological polar surface area (TPSA) is 75.6 Å². The molecule has 7 heteroatoms. The zero-order valence-corrected chi connectivity index (χ0v) is 14.1. The molecule has 0 fully saturated rings. The molecule has 0 aromatic heterocycles. The molecule has 1 unspecified atom stereocenters. The minimum absolute atomic E-state index is 0.105. The van der Waals surface area contributed by atoms with Crippen molar-refractivity contribution in [2.75, 3.05) is 13.2 Å². The van der Waals surface area contributed by atoms with E-state index in [2.05, 4.69) is 11.9 Å². The summed E-state index contributed by atoms with van der Waals surface area (Å²) >= 11 is 11.8. The highest BCUT2D eigenvalue weighted by Crippen LogP contribution is 2.20. The van der Waals surface area contributed by atoms with Gasteiger partial charge in [-0.05, 0) is 30.2 Å². The highest BCUT2D eigenvalue weighted by atomic mass is 35.5. The second-order valence-corrected chi connectivity index (χ2v) is 5.78. The van der Waals surface area contributed by atoms with E-state index in [1.165, 1.54) is 0 Å². The Bertz CT molecular complexity index is 543. The van der Waals surface area contributed by atoms with Crippen LogP contribution in [-0.4, -0.2) is 36.2 Å². The largest absolute Gasteiger partial charge is 0.480 e. The summed E-state index contributed by atoms with van der Waals surface area (Å²) in [6.45, 7) is 4.36. The fourth-order valence-corrected chi connectivity index (χ4v) is 2.50. The van der Waals surface area contributed by atoms with Crippen molar-refractivity contribution in [3.63, 3.8) is 0 Å². The van der Waals surface area contributed by atoms with Gasteiger partial charge < -0.3 is 15.2 Å². The normalized spacial score (nSPS) is 11.7. The summed E-state index contributed by atoms with van der Waals surface area (Å²) in [5.74, 6) is -1.45. The van der Waals surface area contributed by atoms with E-state index in [9.17, 15) is 14.7 Å². The van der Waals surface area contributed by atoms with Crippen LogP contribution in [0.25, 0.3) is 0 Å². The molecule has 1 rings (SSSR count). The molecule has 1 atom stereocenters. The van der Waals surface area contributed by atoms with Crippen molar-refractivity contribution >= 4 is 35.1 Å². The van der Waals surface area contributed by atoms with Gasteiger partial charge in [0.2, 0.25) is 5.91 Å². The fourth-order valence-electron chi connectivity index (χ4n) is 1.93. The van der Waals surface area contributed by atoms with Crippen LogP contribution in [0.15, 0.2) is 30.9 Å². The Kier molecular flexibility index (Phi) is 8.69. The van der Waals surface area contributed by atoms with E-state index in [0.717, 1.165) is 0 Å². The third kappa shape index (κ3) is 8.02. The smallest absolute Gasteiger partial charge is 0.326 e. The average molecular weight is 360 g/mol. The third-order valence-corrected chi connectivity index (χ3v) is 3.36. The summed E-state index contributed by atoms with van der Waals surface area (Å²) in [7, 11) is 0. The molecule has 23 heavy (non-hydrogen) atoms. The number of halogens is 2. The van der Waals surface area contributed by atoms with Gasteiger partial charge in [0, 0.05) is 29.5 Å². The van der Waals surface area contributed by atoms with Crippen LogP contribution >= 0.6 is 23.2 Å². The van der Waals surface area contributed by atoms with Crippen molar-refractivity contribution in [3.8, 4) is 0 Å². The first-order valence-corrected chi connectivity index (χ1v) is 7.83. The molecule has 0 saturated heterocycles. The van der Waals surface area contributed by atoms with Gasteiger partial charge in [0.25, 0.3) is 0 Å².